The summed E-state index contributed by atoms with van der Waals surface area (Å²) >= 11 is 6.36. The van der Waals surface area contributed by atoms with E-state index in [4.69, 9.17) is 40.4 Å². The van der Waals surface area contributed by atoms with Gasteiger partial charge < -0.3 is 23.7 Å². The van der Waals surface area contributed by atoms with Crippen LogP contribution in [0.25, 0.3) is 0 Å². The SMILES string of the molecule is CCOc1ccc(C2=NN3[C@H](C2)c2cc(Cl)ccc2O[C@@H]3c2cc(OC)c(OC)c(OC)c2)cc1. The lowest BCUT2D eigenvalue weighted by Gasteiger charge is -2.38. The molecule has 0 aliphatic carbocycles. The van der Waals surface area contributed by atoms with Gasteiger partial charge in [-0.3, -0.25) is 0 Å². The minimum Gasteiger partial charge on any atom is -0.494 e. The second kappa shape index (κ2) is 9.58. The molecule has 182 valence electrons. The fraction of sp³-hybridized carbons (Fsp3) is 0.296. The molecule has 2 atom stereocenters. The predicted octanol–water partition coefficient (Wildman–Crippen LogP) is 6.01. The second-order valence-corrected chi connectivity index (χ2v) is 8.65. The zero-order valence-electron chi connectivity index (χ0n) is 20.1. The first kappa shape index (κ1) is 23.2. The molecule has 0 spiro atoms. The smallest absolute Gasteiger partial charge is 0.214 e. The van der Waals surface area contributed by atoms with Gasteiger partial charge in [0.15, 0.2) is 11.5 Å². The molecular weight excluding hydrogens is 468 g/mol. The molecule has 0 unspecified atom stereocenters. The van der Waals surface area contributed by atoms with Crippen molar-refractivity contribution in [3.05, 3.63) is 76.3 Å². The highest BCUT2D eigenvalue weighted by atomic mass is 35.5. The highest BCUT2D eigenvalue weighted by molar-refractivity contribution is 6.30. The summed E-state index contributed by atoms with van der Waals surface area (Å²) in [6, 6.07) is 17.5. The molecule has 2 heterocycles. The number of nitrogens with zero attached hydrogens (tertiary/aromatic N) is 2. The first-order chi connectivity index (χ1) is 17.1. The number of halogens is 1. The van der Waals surface area contributed by atoms with Gasteiger partial charge in [-0.15, -0.1) is 0 Å². The van der Waals surface area contributed by atoms with Gasteiger partial charge in [0.05, 0.1) is 39.7 Å². The Hall–Kier alpha value is -3.58. The van der Waals surface area contributed by atoms with Crippen LogP contribution in [-0.2, 0) is 0 Å². The van der Waals surface area contributed by atoms with Crippen molar-refractivity contribution in [2.45, 2.75) is 25.6 Å². The maximum absolute atomic E-state index is 6.48. The molecule has 0 N–H and O–H groups in total. The average molecular weight is 495 g/mol. The Kier molecular flexibility index (Phi) is 6.34. The number of rotatable bonds is 7. The lowest BCUT2D eigenvalue weighted by Crippen LogP contribution is -2.33. The summed E-state index contributed by atoms with van der Waals surface area (Å²) in [5, 5.41) is 7.68. The van der Waals surface area contributed by atoms with E-state index in [9.17, 15) is 0 Å². The third kappa shape index (κ3) is 4.21. The number of fused-ring (bicyclic) bond motifs is 3. The molecule has 0 saturated carbocycles. The van der Waals surface area contributed by atoms with Crippen molar-refractivity contribution >= 4 is 17.3 Å². The first-order valence-electron chi connectivity index (χ1n) is 11.4. The summed E-state index contributed by atoms with van der Waals surface area (Å²) in [6.45, 7) is 2.60. The summed E-state index contributed by atoms with van der Waals surface area (Å²) in [5.74, 6) is 3.25. The molecular formula is C27H27ClN2O5. The summed E-state index contributed by atoms with van der Waals surface area (Å²) in [4.78, 5) is 0. The van der Waals surface area contributed by atoms with E-state index in [0.717, 1.165) is 33.9 Å². The van der Waals surface area contributed by atoms with Gasteiger partial charge in [-0.05, 0) is 67.1 Å². The molecule has 5 rings (SSSR count). The van der Waals surface area contributed by atoms with Gasteiger partial charge in [0.25, 0.3) is 0 Å². The molecule has 3 aromatic rings. The van der Waals surface area contributed by atoms with Crippen molar-refractivity contribution in [2.75, 3.05) is 27.9 Å². The van der Waals surface area contributed by atoms with Gasteiger partial charge >= 0.3 is 0 Å². The van der Waals surface area contributed by atoms with Gasteiger partial charge in [-0.2, -0.15) is 5.10 Å². The largest absolute Gasteiger partial charge is 0.494 e. The zero-order chi connectivity index (χ0) is 24.5. The molecule has 3 aromatic carbocycles. The van der Waals surface area contributed by atoms with Gasteiger partial charge in [-0.1, -0.05) is 11.6 Å². The minimum absolute atomic E-state index is 0.0388. The van der Waals surface area contributed by atoms with Crippen LogP contribution in [-0.4, -0.2) is 38.7 Å². The van der Waals surface area contributed by atoms with E-state index in [2.05, 4.69) is 0 Å². The Labute approximate surface area is 209 Å². The maximum Gasteiger partial charge on any atom is 0.214 e. The van der Waals surface area contributed by atoms with E-state index >= 15 is 0 Å². The van der Waals surface area contributed by atoms with Gasteiger partial charge in [0.1, 0.15) is 11.5 Å². The first-order valence-corrected chi connectivity index (χ1v) is 11.8. The summed E-state index contributed by atoms with van der Waals surface area (Å²) in [6.07, 6.45) is 0.216. The van der Waals surface area contributed by atoms with E-state index in [1.54, 1.807) is 21.3 Å². The monoisotopic (exact) mass is 494 g/mol. The number of ether oxygens (including phenoxy) is 5. The van der Waals surface area contributed by atoms with Crippen LogP contribution in [0, 0.1) is 0 Å². The zero-order valence-corrected chi connectivity index (χ0v) is 20.8. The van der Waals surface area contributed by atoms with Crippen LogP contribution in [0.1, 0.15) is 42.3 Å². The summed E-state index contributed by atoms with van der Waals surface area (Å²) < 4.78 is 28.7. The van der Waals surface area contributed by atoms with Crippen molar-refractivity contribution in [1.82, 2.24) is 5.01 Å². The van der Waals surface area contributed by atoms with E-state index in [1.807, 2.05) is 66.5 Å². The third-order valence-electron chi connectivity index (χ3n) is 6.22. The van der Waals surface area contributed by atoms with Crippen LogP contribution in [0.4, 0.5) is 0 Å². The summed E-state index contributed by atoms with van der Waals surface area (Å²) in [7, 11) is 4.78. The minimum atomic E-state index is -0.498. The lowest BCUT2D eigenvalue weighted by atomic mass is 9.95. The maximum atomic E-state index is 6.48. The van der Waals surface area contributed by atoms with Crippen LogP contribution in [0.15, 0.2) is 59.7 Å². The number of benzene rings is 3. The van der Waals surface area contributed by atoms with Crippen molar-refractivity contribution < 1.29 is 23.7 Å². The van der Waals surface area contributed by atoms with Crippen LogP contribution < -0.4 is 23.7 Å². The third-order valence-corrected chi connectivity index (χ3v) is 6.46. The number of hydrogen-bond donors (Lipinski definition) is 0. The van der Waals surface area contributed by atoms with Gasteiger partial charge in [0.2, 0.25) is 12.0 Å². The normalized spacial score (nSPS) is 18.2. The molecule has 0 radical (unpaired) electrons. The number of hydrazone groups is 1. The standard InChI is InChI=1S/C27H27ClN2O5/c1-5-34-19-9-6-16(7-10-19)21-15-22-20-14-18(28)8-11-23(20)35-27(30(22)29-21)17-12-24(31-2)26(33-4)25(13-17)32-3/h6-14,22,27H,5,15H2,1-4H3/t22-,27-/m1/s1. The highest BCUT2D eigenvalue weighted by Gasteiger charge is 2.41. The van der Waals surface area contributed by atoms with Crippen molar-refractivity contribution in [1.29, 1.82) is 0 Å². The molecule has 0 bridgehead atoms. The van der Waals surface area contributed by atoms with Crippen LogP contribution in [0.5, 0.6) is 28.7 Å². The Morgan fingerprint density at radius 2 is 1.69 bits per heavy atom. The van der Waals surface area contributed by atoms with Crippen molar-refractivity contribution in [2.24, 2.45) is 5.10 Å². The fourth-order valence-electron chi connectivity index (χ4n) is 4.61. The molecule has 0 fully saturated rings. The second-order valence-electron chi connectivity index (χ2n) is 8.22. The van der Waals surface area contributed by atoms with E-state index in [0.29, 0.717) is 35.3 Å². The predicted molar refractivity (Wildman–Crippen MR) is 134 cm³/mol. The molecule has 0 amide bonds. The molecule has 8 heteroatoms. The molecule has 7 nitrogen and oxygen atoms in total. The number of methoxy groups -OCH3 is 3. The lowest BCUT2D eigenvalue weighted by molar-refractivity contribution is -0.0192. The Morgan fingerprint density at radius 1 is 0.971 bits per heavy atom. The van der Waals surface area contributed by atoms with Crippen LogP contribution in [0.3, 0.4) is 0 Å². The van der Waals surface area contributed by atoms with E-state index in [-0.39, 0.29) is 6.04 Å². The number of hydrogen-bond acceptors (Lipinski definition) is 7. The topological polar surface area (TPSA) is 61.8 Å². The Balaban J connectivity index is 1.59. The molecule has 0 aromatic heterocycles. The van der Waals surface area contributed by atoms with Gasteiger partial charge in [0, 0.05) is 22.6 Å². The Bertz CT molecular complexity index is 1240. The van der Waals surface area contributed by atoms with Crippen LogP contribution >= 0.6 is 11.6 Å². The van der Waals surface area contributed by atoms with Crippen LogP contribution in [0.2, 0.25) is 5.02 Å². The summed E-state index contributed by atoms with van der Waals surface area (Å²) in [5.41, 5.74) is 3.84. The molecule has 2 aliphatic rings. The van der Waals surface area contributed by atoms with E-state index < -0.39 is 6.23 Å². The average Bonchev–Trinajstić information content (AvgIpc) is 3.34. The van der Waals surface area contributed by atoms with Crippen molar-refractivity contribution in [3.63, 3.8) is 0 Å². The Morgan fingerprint density at radius 3 is 2.31 bits per heavy atom. The highest BCUT2D eigenvalue weighted by Crippen LogP contribution is 2.50. The van der Waals surface area contributed by atoms with Gasteiger partial charge in [-0.25, -0.2) is 5.01 Å². The molecule has 35 heavy (non-hydrogen) atoms. The van der Waals surface area contributed by atoms with Crippen molar-refractivity contribution in [3.8, 4) is 28.7 Å². The fourth-order valence-corrected chi connectivity index (χ4v) is 4.79. The molecule has 0 saturated heterocycles. The molecule has 2 aliphatic heterocycles. The quantitative estimate of drug-likeness (QED) is 0.401. The van der Waals surface area contributed by atoms with E-state index in [1.165, 1.54) is 0 Å².